The van der Waals surface area contributed by atoms with Gasteiger partial charge < -0.3 is 15.4 Å². The molecule has 2 atom stereocenters. The number of fused-ring (bicyclic) bond motifs is 6. The molecule has 2 N–H and O–H groups in total. The van der Waals surface area contributed by atoms with Crippen molar-refractivity contribution in [2.45, 2.75) is 45.5 Å². The summed E-state index contributed by atoms with van der Waals surface area (Å²) in [4.78, 5) is 27.6. The number of imidazole rings is 1. The maximum atomic E-state index is 15.4. The molecule has 2 aliphatic heterocycles. The number of aromatic nitrogens is 4. The van der Waals surface area contributed by atoms with E-state index in [1.54, 1.807) is 11.3 Å². The zero-order valence-electron chi connectivity index (χ0n) is 20.1. The predicted molar refractivity (Wildman–Crippen MR) is 125 cm³/mol. The molecular formula is C25H22F4N6O2. The lowest BCUT2D eigenvalue weighted by Gasteiger charge is -2.44. The van der Waals surface area contributed by atoms with Gasteiger partial charge in [-0.2, -0.15) is 13.2 Å². The third-order valence-electron chi connectivity index (χ3n) is 7.05. The Morgan fingerprint density at radius 2 is 1.97 bits per heavy atom. The van der Waals surface area contributed by atoms with Crippen LogP contribution in [0.25, 0.3) is 16.6 Å². The molecule has 1 aromatic carbocycles. The number of nitrogen functional groups attached to an aromatic ring is 1. The van der Waals surface area contributed by atoms with Gasteiger partial charge in [0.15, 0.2) is 0 Å². The van der Waals surface area contributed by atoms with Gasteiger partial charge in [-0.05, 0) is 37.0 Å². The van der Waals surface area contributed by atoms with E-state index in [9.17, 15) is 18.0 Å². The lowest BCUT2D eigenvalue weighted by atomic mass is 9.78. The van der Waals surface area contributed by atoms with Crippen molar-refractivity contribution in [3.05, 3.63) is 58.9 Å². The van der Waals surface area contributed by atoms with Crippen LogP contribution in [0.5, 0.6) is 5.88 Å². The average Bonchev–Trinajstić information content (AvgIpc) is 3.36. The van der Waals surface area contributed by atoms with Gasteiger partial charge >= 0.3 is 6.18 Å². The number of likely N-dealkylation sites (tertiary alicyclic amines) is 1. The zero-order valence-corrected chi connectivity index (χ0v) is 20.1. The highest BCUT2D eigenvalue weighted by atomic mass is 19.4. The topological polar surface area (TPSA) is 98.6 Å². The first kappa shape index (κ1) is 23.4. The zero-order chi connectivity index (χ0) is 26.4. The van der Waals surface area contributed by atoms with Crippen molar-refractivity contribution >= 4 is 28.3 Å². The minimum Gasteiger partial charge on any atom is -0.471 e. The van der Waals surface area contributed by atoms with Crippen LogP contribution in [0.1, 0.15) is 53.6 Å². The number of amides is 1. The van der Waals surface area contributed by atoms with Crippen molar-refractivity contribution in [2.75, 3.05) is 12.3 Å². The van der Waals surface area contributed by atoms with Gasteiger partial charge in [-0.1, -0.05) is 13.8 Å². The Morgan fingerprint density at radius 3 is 2.70 bits per heavy atom. The summed E-state index contributed by atoms with van der Waals surface area (Å²) in [6.45, 7) is 5.85. The SMILES string of the molecule is Cc1ncn2c1c(N)nc1cc(F)c(C(=O)N3CC(C)(C)CC4Oc5nc(C(F)(F)F)ccc5[C@@H]43)cc12. The molecule has 5 heterocycles. The van der Waals surface area contributed by atoms with Crippen LogP contribution >= 0.6 is 0 Å². The Balaban J connectivity index is 1.47. The number of nitrogens with zero attached hydrogens (tertiary/aromatic N) is 5. The number of pyridine rings is 1. The molecule has 12 heteroatoms. The summed E-state index contributed by atoms with van der Waals surface area (Å²) in [5.41, 5.74) is 6.59. The second-order valence-corrected chi connectivity index (χ2v) is 10.4. The number of anilines is 1. The Bertz CT molecular complexity index is 1610. The quantitative estimate of drug-likeness (QED) is 0.370. The molecule has 0 bridgehead atoms. The monoisotopic (exact) mass is 514 g/mol. The van der Waals surface area contributed by atoms with Crippen LogP contribution in [0.15, 0.2) is 30.6 Å². The normalized spacial score (nSPS) is 20.7. The standard InChI is InChI=1S/C25H22F4N6O2/c1-11-19-21(30)32-15-7-14(26)13(6-16(15)35(19)10-31-11)23(36)34-9-24(2,3)8-17-20(34)12-4-5-18(25(27,28)29)33-22(12)37-17/h4-7,10,17,20H,8-9H2,1-3H3,(H2,30,32)/t17?,20-/m0/s1. The summed E-state index contributed by atoms with van der Waals surface area (Å²) in [5.74, 6) is -1.37. The first-order valence-electron chi connectivity index (χ1n) is 11.6. The predicted octanol–water partition coefficient (Wildman–Crippen LogP) is 4.70. The fourth-order valence-electron chi connectivity index (χ4n) is 5.49. The van der Waals surface area contributed by atoms with Crippen LogP contribution in [-0.2, 0) is 6.18 Å². The first-order chi connectivity index (χ1) is 17.3. The Kier molecular flexibility index (Phi) is 4.77. The number of hydrogen-bond acceptors (Lipinski definition) is 6. The molecule has 1 saturated heterocycles. The van der Waals surface area contributed by atoms with Crippen LogP contribution in [0, 0.1) is 18.2 Å². The maximum Gasteiger partial charge on any atom is 0.433 e. The molecule has 0 radical (unpaired) electrons. The summed E-state index contributed by atoms with van der Waals surface area (Å²) >= 11 is 0. The number of nitrogens with two attached hydrogens (primary N) is 1. The van der Waals surface area contributed by atoms with Crippen LogP contribution in [0.4, 0.5) is 23.4 Å². The highest BCUT2D eigenvalue weighted by Gasteiger charge is 2.50. The fraction of sp³-hybridized carbons (Fsp3) is 0.360. The molecule has 37 heavy (non-hydrogen) atoms. The number of alkyl halides is 3. The number of benzene rings is 1. The minimum atomic E-state index is -4.64. The van der Waals surface area contributed by atoms with Gasteiger partial charge in [0.25, 0.3) is 5.91 Å². The van der Waals surface area contributed by atoms with Crippen molar-refractivity contribution in [1.82, 2.24) is 24.3 Å². The summed E-state index contributed by atoms with van der Waals surface area (Å²) in [6.07, 6.45) is -3.24. The molecule has 6 rings (SSSR count). The molecule has 1 amide bonds. The number of carbonyl (C=O) groups is 1. The number of piperidine rings is 1. The largest absolute Gasteiger partial charge is 0.471 e. The van der Waals surface area contributed by atoms with Crippen molar-refractivity contribution < 1.29 is 27.1 Å². The van der Waals surface area contributed by atoms with Gasteiger partial charge in [0, 0.05) is 18.2 Å². The van der Waals surface area contributed by atoms with Gasteiger partial charge in [0.2, 0.25) is 5.88 Å². The van der Waals surface area contributed by atoms with Crippen LogP contribution in [-0.4, -0.2) is 42.8 Å². The first-order valence-corrected chi connectivity index (χ1v) is 11.6. The van der Waals surface area contributed by atoms with E-state index in [0.29, 0.717) is 28.7 Å². The second kappa shape index (κ2) is 7.53. The summed E-state index contributed by atoms with van der Waals surface area (Å²) < 4.78 is 62.6. The van der Waals surface area contributed by atoms with Crippen molar-refractivity contribution in [1.29, 1.82) is 0 Å². The van der Waals surface area contributed by atoms with Crippen LogP contribution in [0.3, 0.4) is 0 Å². The van der Waals surface area contributed by atoms with E-state index in [4.69, 9.17) is 10.5 Å². The third kappa shape index (κ3) is 3.57. The fourth-order valence-corrected chi connectivity index (χ4v) is 5.49. The van der Waals surface area contributed by atoms with Crippen LogP contribution in [0.2, 0.25) is 0 Å². The lowest BCUT2D eigenvalue weighted by Crippen LogP contribution is -2.51. The van der Waals surface area contributed by atoms with Crippen molar-refractivity contribution in [3.63, 3.8) is 0 Å². The molecule has 3 aromatic heterocycles. The Hall–Kier alpha value is -3.96. The van der Waals surface area contributed by atoms with E-state index in [-0.39, 0.29) is 29.3 Å². The molecule has 192 valence electrons. The molecular weight excluding hydrogens is 492 g/mol. The van der Waals surface area contributed by atoms with E-state index < -0.39 is 41.2 Å². The van der Waals surface area contributed by atoms with Gasteiger partial charge in [-0.15, -0.1) is 0 Å². The highest BCUT2D eigenvalue weighted by molar-refractivity contribution is 5.99. The number of aryl methyl sites for hydroxylation is 1. The van der Waals surface area contributed by atoms with E-state index in [0.717, 1.165) is 12.1 Å². The summed E-state index contributed by atoms with van der Waals surface area (Å²) in [7, 11) is 0. The van der Waals surface area contributed by atoms with E-state index in [2.05, 4.69) is 15.0 Å². The lowest BCUT2D eigenvalue weighted by molar-refractivity contribution is -0.141. The van der Waals surface area contributed by atoms with Crippen molar-refractivity contribution in [3.8, 4) is 5.88 Å². The Morgan fingerprint density at radius 1 is 1.22 bits per heavy atom. The Labute approximate surface area is 208 Å². The molecule has 2 aliphatic rings. The molecule has 0 spiro atoms. The number of halogens is 4. The minimum absolute atomic E-state index is 0.158. The molecule has 8 nitrogen and oxygen atoms in total. The summed E-state index contributed by atoms with van der Waals surface area (Å²) in [6, 6.07) is 4.01. The van der Waals surface area contributed by atoms with E-state index in [1.807, 2.05) is 13.8 Å². The molecule has 4 aromatic rings. The van der Waals surface area contributed by atoms with Gasteiger partial charge in [0.05, 0.1) is 28.3 Å². The van der Waals surface area contributed by atoms with Crippen molar-refractivity contribution in [2.24, 2.45) is 5.41 Å². The second-order valence-electron chi connectivity index (χ2n) is 10.4. The molecule has 0 saturated carbocycles. The van der Waals surface area contributed by atoms with Gasteiger partial charge in [-0.3, -0.25) is 9.20 Å². The molecule has 1 unspecified atom stereocenters. The van der Waals surface area contributed by atoms with Gasteiger partial charge in [0.1, 0.15) is 35.3 Å². The van der Waals surface area contributed by atoms with Gasteiger partial charge in [-0.25, -0.2) is 19.3 Å². The molecule has 0 aliphatic carbocycles. The number of ether oxygens (including phenoxy) is 1. The third-order valence-corrected chi connectivity index (χ3v) is 7.05. The highest BCUT2D eigenvalue weighted by Crippen LogP contribution is 2.49. The van der Waals surface area contributed by atoms with E-state index >= 15 is 4.39 Å². The smallest absolute Gasteiger partial charge is 0.433 e. The number of hydrogen-bond donors (Lipinski definition) is 1. The number of rotatable bonds is 1. The van der Waals surface area contributed by atoms with Crippen LogP contribution < -0.4 is 10.5 Å². The number of carbonyl (C=O) groups excluding carboxylic acids is 1. The maximum absolute atomic E-state index is 15.4. The molecule has 1 fully saturated rings. The average molecular weight is 514 g/mol. The van der Waals surface area contributed by atoms with E-state index in [1.165, 1.54) is 23.4 Å². The summed E-state index contributed by atoms with van der Waals surface area (Å²) in [5, 5.41) is 0.